The lowest BCUT2D eigenvalue weighted by atomic mass is 10.1. The van der Waals surface area contributed by atoms with Crippen molar-refractivity contribution < 1.29 is 23.8 Å². The smallest absolute Gasteiger partial charge is 0.331 e. The van der Waals surface area contributed by atoms with E-state index in [1.54, 1.807) is 20.3 Å². The number of rotatable bonds is 9. The number of ether oxygens (including phenoxy) is 3. The number of carbonyl (C=O) groups is 2. The van der Waals surface area contributed by atoms with Gasteiger partial charge in [0.2, 0.25) is 0 Å². The van der Waals surface area contributed by atoms with Gasteiger partial charge in [-0.2, -0.15) is 0 Å². The highest BCUT2D eigenvalue weighted by Crippen LogP contribution is 2.27. The summed E-state index contributed by atoms with van der Waals surface area (Å²) >= 11 is 0. The van der Waals surface area contributed by atoms with Gasteiger partial charge >= 0.3 is 5.97 Å². The van der Waals surface area contributed by atoms with Crippen molar-refractivity contribution in [3.63, 3.8) is 0 Å². The minimum absolute atomic E-state index is 0.317. The zero-order chi connectivity index (χ0) is 20.4. The molecule has 0 atom stereocenters. The number of carbonyl (C=O) groups excluding carboxylic acids is 2. The molecule has 2 aromatic carbocycles. The normalized spacial score (nSPS) is 10.5. The summed E-state index contributed by atoms with van der Waals surface area (Å²) in [5.74, 6) is 0.387. The van der Waals surface area contributed by atoms with Gasteiger partial charge in [0.25, 0.3) is 5.91 Å². The van der Waals surface area contributed by atoms with Crippen LogP contribution in [0, 0.1) is 6.92 Å². The number of hydrogen-bond acceptors (Lipinski definition) is 5. The summed E-state index contributed by atoms with van der Waals surface area (Å²) in [4.78, 5) is 23.6. The van der Waals surface area contributed by atoms with Crippen LogP contribution in [0.3, 0.4) is 0 Å². The van der Waals surface area contributed by atoms with Crippen LogP contribution in [0.4, 0.5) is 0 Å². The van der Waals surface area contributed by atoms with Gasteiger partial charge in [-0.3, -0.25) is 4.79 Å². The van der Waals surface area contributed by atoms with Gasteiger partial charge in [0, 0.05) is 12.6 Å². The maximum atomic E-state index is 11.8. The molecule has 28 heavy (non-hydrogen) atoms. The largest absolute Gasteiger partial charge is 0.493 e. The van der Waals surface area contributed by atoms with Crippen molar-refractivity contribution in [2.45, 2.75) is 13.3 Å². The van der Waals surface area contributed by atoms with Crippen LogP contribution in [0.5, 0.6) is 11.5 Å². The summed E-state index contributed by atoms with van der Waals surface area (Å²) in [7, 11) is 3.15. The van der Waals surface area contributed by atoms with Crippen molar-refractivity contribution in [1.29, 1.82) is 0 Å². The standard InChI is InChI=1S/C22H25NO5/c1-16-6-4-5-7-18(16)9-11-22(25)28-15-21(24)23-13-12-17-8-10-19(26-2)20(14-17)27-3/h4-11,14H,12-13,15H2,1-3H3,(H,23,24)/b11-9+. The maximum Gasteiger partial charge on any atom is 0.331 e. The molecule has 0 aliphatic heterocycles. The van der Waals surface area contributed by atoms with Gasteiger partial charge < -0.3 is 19.5 Å². The van der Waals surface area contributed by atoms with Gasteiger partial charge in [-0.1, -0.05) is 30.3 Å². The van der Waals surface area contributed by atoms with E-state index in [2.05, 4.69) is 5.32 Å². The van der Waals surface area contributed by atoms with Crippen molar-refractivity contribution in [2.24, 2.45) is 0 Å². The minimum atomic E-state index is -0.557. The first-order chi connectivity index (χ1) is 13.5. The molecule has 0 unspecified atom stereocenters. The van der Waals surface area contributed by atoms with Crippen molar-refractivity contribution in [3.8, 4) is 11.5 Å². The maximum absolute atomic E-state index is 11.8. The monoisotopic (exact) mass is 383 g/mol. The molecule has 2 rings (SSSR count). The Labute approximate surface area is 165 Å². The SMILES string of the molecule is COc1ccc(CCNC(=O)COC(=O)/C=C/c2ccccc2C)cc1OC. The van der Waals surface area contributed by atoms with Crippen molar-refractivity contribution in [2.75, 3.05) is 27.4 Å². The number of esters is 1. The number of aryl methyl sites for hydroxylation is 1. The van der Waals surface area contributed by atoms with Gasteiger partial charge in [0.1, 0.15) is 0 Å². The summed E-state index contributed by atoms with van der Waals surface area (Å²) in [6, 6.07) is 13.3. The first-order valence-electron chi connectivity index (χ1n) is 8.91. The summed E-state index contributed by atoms with van der Waals surface area (Å²) in [5.41, 5.74) is 2.98. The molecule has 0 saturated heterocycles. The van der Waals surface area contributed by atoms with Crippen LogP contribution in [0.15, 0.2) is 48.5 Å². The van der Waals surface area contributed by atoms with E-state index in [1.165, 1.54) is 6.08 Å². The predicted molar refractivity (Wildman–Crippen MR) is 107 cm³/mol. The van der Waals surface area contributed by atoms with Crippen LogP contribution in [-0.2, 0) is 20.7 Å². The average molecular weight is 383 g/mol. The van der Waals surface area contributed by atoms with E-state index in [9.17, 15) is 9.59 Å². The summed E-state index contributed by atoms with van der Waals surface area (Å²) in [5, 5.41) is 2.72. The van der Waals surface area contributed by atoms with Crippen LogP contribution >= 0.6 is 0 Å². The highest BCUT2D eigenvalue weighted by molar-refractivity contribution is 5.89. The van der Waals surface area contributed by atoms with Gasteiger partial charge in [0.05, 0.1) is 14.2 Å². The van der Waals surface area contributed by atoms with Crippen LogP contribution in [0.1, 0.15) is 16.7 Å². The third kappa shape index (κ3) is 6.46. The Morgan fingerprint density at radius 2 is 1.79 bits per heavy atom. The van der Waals surface area contributed by atoms with Crippen LogP contribution < -0.4 is 14.8 Å². The zero-order valence-electron chi connectivity index (χ0n) is 16.4. The zero-order valence-corrected chi connectivity index (χ0v) is 16.4. The Hall–Kier alpha value is -3.28. The quantitative estimate of drug-likeness (QED) is 0.532. The molecule has 0 aliphatic rings. The lowest BCUT2D eigenvalue weighted by Crippen LogP contribution is -2.30. The van der Waals surface area contributed by atoms with E-state index in [1.807, 2.05) is 49.4 Å². The lowest BCUT2D eigenvalue weighted by Gasteiger charge is -2.10. The van der Waals surface area contributed by atoms with E-state index in [0.717, 1.165) is 16.7 Å². The Morgan fingerprint density at radius 3 is 2.50 bits per heavy atom. The summed E-state index contributed by atoms with van der Waals surface area (Å²) in [6.45, 7) is 2.06. The fourth-order valence-electron chi connectivity index (χ4n) is 2.55. The topological polar surface area (TPSA) is 73.9 Å². The highest BCUT2D eigenvalue weighted by Gasteiger charge is 2.07. The van der Waals surface area contributed by atoms with Gasteiger partial charge in [-0.05, 0) is 48.2 Å². The Balaban J connectivity index is 1.72. The second-order valence-electron chi connectivity index (χ2n) is 6.09. The molecule has 148 valence electrons. The number of benzene rings is 2. The number of methoxy groups -OCH3 is 2. The van der Waals surface area contributed by atoms with Crippen LogP contribution in [0.2, 0.25) is 0 Å². The number of hydrogen-bond donors (Lipinski definition) is 1. The molecule has 2 aromatic rings. The first-order valence-corrected chi connectivity index (χ1v) is 8.91. The molecule has 0 spiro atoms. The molecule has 1 amide bonds. The molecule has 1 N–H and O–H groups in total. The van der Waals surface area contributed by atoms with Crippen molar-refractivity contribution >= 4 is 18.0 Å². The molecule has 0 bridgehead atoms. The van der Waals surface area contributed by atoms with Gasteiger partial charge in [-0.15, -0.1) is 0 Å². The Bertz CT molecular complexity index is 845. The molecule has 6 nitrogen and oxygen atoms in total. The van der Waals surface area contributed by atoms with Crippen LogP contribution in [0.25, 0.3) is 6.08 Å². The number of nitrogens with one attached hydrogen (secondary N) is 1. The molecular formula is C22H25NO5. The van der Waals surface area contributed by atoms with Gasteiger partial charge in [-0.25, -0.2) is 4.79 Å². The summed E-state index contributed by atoms with van der Waals surface area (Å²) in [6.07, 6.45) is 3.61. The first kappa shape index (κ1) is 21.0. The van der Waals surface area contributed by atoms with E-state index < -0.39 is 5.97 Å². The van der Waals surface area contributed by atoms with Gasteiger partial charge in [0.15, 0.2) is 18.1 Å². The van der Waals surface area contributed by atoms with Crippen molar-refractivity contribution in [3.05, 3.63) is 65.2 Å². The predicted octanol–water partition coefficient (Wildman–Crippen LogP) is 2.93. The van der Waals surface area contributed by atoms with Crippen molar-refractivity contribution in [1.82, 2.24) is 5.32 Å². The molecule has 0 aliphatic carbocycles. The average Bonchev–Trinajstić information content (AvgIpc) is 2.71. The molecule has 0 radical (unpaired) electrons. The fourth-order valence-corrected chi connectivity index (χ4v) is 2.55. The second kappa shape index (κ2) is 10.8. The molecule has 0 saturated carbocycles. The van der Waals surface area contributed by atoms with E-state index >= 15 is 0 Å². The van der Waals surface area contributed by atoms with E-state index in [-0.39, 0.29) is 12.5 Å². The second-order valence-corrected chi connectivity index (χ2v) is 6.09. The highest BCUT2D eigenvalue weighted by atomic mass is 16.5. The Kier molecular flexibility index (Phi) is 8.09. The third-order valence-corrected chi connectivity index (χ3v) is 4.12. The molecule has 0 aromatic heterocycles. The van der Waals surface area contributed by atoms with E-state index in [0.29, 0.717) is 24.5 Å². The Morgan fingerprint density at radius 1 is 1.04 bits per heavy atom. The molecular weight excluding hydrogens is 358 g/mol. The third-order valence-electron chi connectivity index (χ3n) is 4.12. The van der Waals surface area contributed by atoms with Crippen LogP contribution in [-0.4, -0.2) is 39.2 Å². The molecule has 0 heterocycles. The fraction of sp³-hybridized carbons (Fsp3) is 0.273. The minimum Gasteiger partial charge on any atom is -0.493 e. The lowest BCUT2D eigenvalue weighted by molar-refractivity contribution is -0.143. The summed E-state index contributed by atoms with van der Waals surface area (Å²) < 4.78 is 15.4. The molecule has 0 fully saturated rings. The molecule has 6 heteroatoms. The number of amides is 1. The van der Waals surface area contributed by atoms with E-state index in [4.69, 9.17) is 14.2 Å².